The molecule has 0 spiro atoms. The minimum absolute atomic E-state index is 0.101. The number of carbonyl (C=O) groups is 1. The van der Waals surface area contributed by atoms with Crippen molar-refractivity contribution in [3.05, 3.63) is 64.5 Å². The Hall–Kier alpha value is -1.62. The molecule has 22 heavy (non-hydrogen) atoms. The maximum absolute atomic E-state index is 13.1. The fraction of sp³-hybridized carbons (Fsp3) is 0.167. The van der Waals surface area contributed by atoms with E-state index in [1.807, 2.05) is 48.5 Å². The summed E-state index contributed by atoms with van der Waals surface area (Å²) in [5.41, 5.74) is 1.91. The molecule has 0 amide bonds. The minimum atomic E-state index is -0.591. The van der Waals surface area contributed by atoms with Gasteiger partial charge in [0.2, 0.25) is 0 Å². The third-order valence-electron chi connectivity index (χ3n) is 4.59. The molecule has 0 saturated heterocycles. The predicted octanol–water partition coefficient (Wildman–Crippen LogP) is 4.39. The van der Waals surface area contributed by atoms with Gasteiger partial charge in [-0.1, -0.05) is 36.4 Å². The molecular weight excluding hydrogens is 312 g/mol. The van der Waals surface area contributed by atoms with Gasteiger partial charge in [0.15, 0.2) is 5.78 Å². The van der Waals surface area contributed by atoms with Crippen molar-refractivity contribution in [3.8, 4) is 0 Å². The number of carbonyl (C=O) groups excluding carboxylic acids is 1. The molecule has 0 radical (unpaired) electrons. The summed E-state index contributed by atoms with van der Waals surface area (Å²) in [7, 11) is 0. The Labute approximate surface area is 135 Å². The lowest BCUT2D eigenvalue weighted by atomic mass is 9.80. The second-order valence-electron chi connectivity index (χ2n) is 5.75. The first-order valence-electron chi connectivity index (χ1n) is 7.25. The molecule has 3 aromatic rings. The van der Waals surface area contributed by atoms with Gasteiger partial charge in [-0.25, -0.2) is 0 Å². The average molecular weight is 324 g/mol. The molecule has 1 aliphatic heterocycles. The van der Waals surface area contributed by atoms with Crippen LogP contribution in [0.5, 0.6) is 0 Å². The molecule has 2 aromatic carbocycles. The standard InChI is InChI=1S/C18H12O2S2/c19-15-13-9-5-1-3-7-11(9)21-17(13)16(20)14-10-6-2-4-8-12(10)22-18(14)15/h1-8,13,16-17,20H. The number of hydrogen-bond acceptors (Lipinski definition) is 4. The van der Waals surface area contributed by atoms with Crippen molar-refractivity contribution < 1.29 is 9.90 Å². The second kappa shape index (κ2) is 4.44. The SMILES string of the molecule is O=C1c2sc3ccccc3c2C(O)C2Sc3ccccc3C12. The van der Waals surface area contributed by atoms with Gasteiger partial charge in [0, 0.05) is 15.2 Å². The molecule has 2 heterocycles. The van der Waals surface area contributed by atoms with Crippen molar-refractivity contribution in [1.82, 2.24) is 0 Å². The van der Waals surface area contributed by atoms with E-state index in [9.17, 15) is 9.90 Å². The largest absolute Gasteiger partial charge is 0.387 e. The zero-order valence-electron chi connectivity index (χ0n) is 11.5. The molecule has 5 rings (SSSR count). The van der Waals surface area contributed by atoms with Gasteiger partial charge >= 0.3 is 0 Å². The molecule has 0 saturated carbocycles. The molecule has 2 aliphatic rings. The molecule has 108 valence electrons. The number of aliphatic hydroxyl groups is 1. The molecule has 2 nitrogen and oxygen atoms in total. The normalized spacial score (nSPS) is 25.9. The molecule has 3 atom stereocenters. The number of aliphatic hydroxyl groups excluding tert-OH is 1. The summed E-state index contributed by atoms with van der Waals surface area (Å²) in [5, 5.41) is 11.9. The Balaban J connectivity index is 1.77. The number of Topliss-reactive ketones (excluding diaryl/α,β-unsaturated/α-hetero) is 1. The maximum Gasteiger partial charge on any atom is 0.181 e. The quantitative estimate of drug-likeness (QED) is 0.666. The van der Waals surface area contributed by atoms with E-state index in [0.29, 0.717) is 0 Å². The second-order valence-corrected chi connectivity index (χ2v) is 8.02. The molecule has 1 aromatic heterocycles. The van der Waals surface area contributed by atoms with Crippen LogP contribution in [-0.2, 0) is 0 Å². The lowest BCUT2D eigenvalue weighted by molar-refractivity contribution is 0.0880. The fourth-order valence-electron chi connectivity index (χ4n) is 3.62. The zero-order chi connectivity index (χ0) is 14.8. The van der Waals surface area contributed by atoms with E-state index in [4.69, 9.17) is 0 Å². The van der Waals surface area contributed by atoms with Gasteiger partial charge in [0.25, 0.3) is 0 Å². The lowest BCUT2D eigenvalue weighted by Gasteiger charge is -2.29. The number of thioether (sulfide) groups is 1. The highest BCUT2D eigenvalue weighted by Crippen LogP contribution is 2.56. The number of benzene rings is 2. The number of fused-ring (bicyclic) bond motifs is 6. The first kappa shape index (κ1) is 12.9. The summed E-state index contributed by atoms with van der Waals surface area (Å²) >= 11 is 3.16. The van der Waals surface area contributed by atoms with Gasteiger partial charge in [-0.05, 0) is 23.1 Å². The minimum Gasteiger partial charge on any atom is -0.387 e. The van der Waals surface area contributed by atoms with Crippen LogP contribution in [0.4, 0.5) is 0 Å². The number of thiophene rings is 1. The van der Waals surface area contributed by atoms with Crippen molar-refractivity contribution in [3.63, 3.8) is 0 Å². The predicted molar refractivity (Wildman–Crippen MR) is 89.9 cm³/mol. The van der Waals surface area contributed by atoms with E-state index >= 15 is 0 Å². The molecule has 4 heteroatoms. The first-order chi connectivity index (χ1) is 10.8. The Morgan fingerprint density at radius 1 is 1.00 bits per heavy atom. The van der Waals surface area contributed by atoms with Crippen LogP contribution in [0.3, 0.4) is 0 Å². The van der Waals surface area contributed by atoms with E-state index in [0.717, 1.165) is 31.0 Å². The molecule has 1 aliphatic carbocycles. The van der Waals surface area contributed by atoms with Crippen LogP contribution in [0.15, 0.2) is 53.4 Å². The highest BCUT2D eigenvalue weighted by Gasteiger charge is 2.48. The van der Waals surface area contributed by atoms with Gasteiger partial charge in [-0.2, -0.15) is 0 Å². The molecule has 0 fully saturated rings. The van der Waals surface area contributed by atoms with Crippen LogP contribution in [0.25, 0.3) is 10.1 Å². The average Bonchev–Trinajstić information content (AvgIpc) is 3.12. The Kier molecular flexibility index (Phi) is 2.60. The van der Waals surface area contributed by atoms with Gasteiger partial charge in [-0.3, -0.25) is 4.79 Å². The Morgan fingerprint density at radius 2 is 1.77 bits per heavy atom. The van der Waals surface area contributed by atoms with Crippen molar-refractivity contribution in [2.45, 2.75) is 22.2 Å². The van der Waals surface area contributed by atoms with Crippen LogP contribution in [0, 0.1) is 0 Å². The van der Waals surface area contributed by atoms with Gasteiger partial charge in [0.1, 0.15) is 0 Å². The van der Waals surface area contributed by atoms with Crippen molar-refractivity contribution in [2.75, 3.05) is 0 Å². The van der Waals surface area contributed by atoms with Crippen molar-refractivity contribution >= 4 is 39.0 Å². The van der Waals surface area contributed by atoms with Gasteiger partial charge in [0.05, 0.1) is 22.1 Å². The van der Waals surface area contributed by atoms with Crippen LogP contribution in [0.1, 0.15) is 32.8 Å². The fourth-order valence-corrected chi connectivity index (χ4v) is 6.30. The van der Waals surface area contributed by atoms with Gasteiger partial charge in [-0.15, -0.1) is 23.1 Å². The van der Waals surface area contributed by atoms with E-state index < -0.39 is 6.10 Å². The third-order valence-corrected chi connectivity index (χ3v) is 7.22. The summed E-state index contributed by atoms with van der Waals surface area (Å²) < 4.78 is 1.08. The molecular formula is C18H12O2S2. The van der Waals surface area contributed by atoms with Crippen LogP contribution in [0.2, 0.25) is 0 Å². The van der Waals surface area contributed by atoms with Crippen LogP contribution >= 0.6 is 23.1 Å². The molecule has 0 bridgehead atoms. The summed E-state index contributed by atoms with van der Waals surface area (Å²) in [6, 6.07) is 16.0. The van der Waals surface area contributed by atoms with E-state index in [-0.39, 0.29) is 17.0 Å². The van der Waals surface area contributed by atoms with E-state index in [2.05, 4.69) is 0 Å². The number of rotatable bonds is 0. The number of ketones is 1. The summed E-state index contributed by atoms with van der Waals surface area (Å²) in [5.74, 6) is -0.0410. The molecule has 1 N–H and O–H groups in total. The summed E-state index contributed by atoms with van der Waals surface area (Å²) in [6.45, 7) is 0. The first-order valence-corrected chi connectivity index (χ1v) is 8.94. The molecule has 3 unspecified atom stereocenters. The lowest BCUT2D eigenvalue weighted by Crippen LogP contribution is -2.31. The Morgan fingerprint density at radius 3 is 2.68 bits per heavy atom. The topological polar surface area (TPSA) is 37.3 Å². The maximum atomic E-state index is 13.1. The highest BCUT2D eigenvalue weighted by molar-refractivity contribution is 8.00. The third kappa shape index (κ3) is 1.52. The van der Waals surface area contributed by atoms with Crippen LogP contribution < -0.4 is 0 Å². The number of hydrogen-bond donors (Lipinski definition) is 1. The van der Waals surface area contributed by atoms with Gasteiger partial charge < -0.3 is 5.11 Å². The smallest absolute Gasteiger partial charge is 0.181 e. The van der Waals surface area contributed by atoms with E-state index in [1.54, 1.807) is 11.8 Å². The zero-order valence-corrected chi connectivity index (χ0v) is 13.2. The van der Waals surface area contributed by atoms with Crippen molar-refractivity contribution in [1.29, 1.82) is 0 Å². The van der Waals surface area contributed by atoms with E-state index in [1.165, 1.54) is 11.3 Å². The van der Waals surface area contributed by atoms with Crippen LogP contribution in [-0.4, -0.2) is 16.1 Å². The van der Waals surface area contributed by atoms with Crippen molar-refractivity contribution in [2.24, 2.45) is 0 Å². The summed E-state index contributed by atoms with van der Waals surface area (Å²) in [4.78, 5) is 14.9. The monoisotopic (exact) mass is 324 g/mol. The Bertz CT molecular complexity index is 928. The summed E-state index contributed by atoms with van der Waals surface area (Å²) in [6.07, 6.45) is -0.591. The highest BCUT2D eigenvalue weighted by atomic mass is 32.2.